The van der Waals surface area contributed by atoms with Gasteiger partial charge in [-0.05, 0) is 314 Å². The second-order valence-electron chi connectivity index (χ2n) is 38.3. The van der Waals surface area contributed by atoms with Gasteiger partial charge < -0.3 is 33.5 Å². The molecule has 0 spiro atoms. The van der Waals surface area contributed by atoms with Crippen LogP contribution in [0.2, 0.25) is 0 Å². The average molecular weight is 1320 g/mol. The van der Waals surface area contributed by atoms with Crippen molar-refractivity contribution in [3.63, 3.8) is 0 Å². The molecule has 3 saturated heterocycles. The number of carbonyl (C=O) groups excluding carboxylic acids is 4. The van der Waals surface area contributed by atoms with Crippen molar-refractivity contribution in [2.75, 3.05) is 85.2 Å². The van der Waals surface area contributed by atoms with Crippen LogP contribution in [0.5, 0.6) is 0 Å². The number of esters is 4. The molecule has 20 rings (SSSR count). The van der Waals surface area contributed by atoms with E-state index < -0.39 is 0 Å². The summed E-state index contributed by atoms with van der Waals surface area (Å²) in [6, 6.07) is 0.743. The maximum Gasteiger partial charge on any atom is 0.310 e. The fraction of sp³-hybridized carbons (Fsp3) is 0.951. The minimum absolute atomic E-state index is 0.00194. The van der Waals surface area contributed by atoms with Crippen molar-refractivity contribution in [2.24, 2.45) is 112 Å². The van der Waals surface area contributed by atoms with E-state index in [-0.39, 0.29) is 70.0 Å². The topological polar surface area (TPSA) is 127 Å². The van der Waals surface area contributed by atoms with E-state index >= 15 is 0 Å². The van der Waals surface area contributed by atoms with Gasteiger partial charge >= 0.3 is 23.9 Å². The van der Waals surface area contributed by atoms with Gasteiger partial charge in [0.2, 0.25) is 0 Å². The minimum atomic E-state index is -0.0922. The highest BCUT2D eigenvalue weighted by atomic mass is 16.6. The number of piperidine rings is 2. The normalized spacial score (nSPS) is 41.7. The van der Waals surface area contributed by atoms with Crippen LogP contribution in [0.3, 0.4) is 0 Å². The number of rotatable bonds is 18. The Morgan fingerprint density at radius 1 is 0.411 bits per heavy atom. The summed E-state index contributed by atoms with van der Waals surface area (Å²) in [7, 11) is 0. The van der Waals surface area contributed by atoms with E-state index in [1.165, 1.54) is 135 Å². The quantitative estimate of drug-likeness (QED) is 0.0955. The highest BCUT2D eigenvalue weighted by Gasteiger charge is 2.58. The molecule has 0 aromatic rings. The van der Waals surface area contributed by atoms with Gasteiger partial charge in [-0.1, -0.05) is 75.2 Å². The van der Waals surface area contributed by atoms with Gasteiger partial charge in [-0.3, -0.25) is 29.0 Å². The summed E-state index contributed by atoms with van der Waals surface area (Å²) in [6.07, 6.45) is 41.3. The molecule has 6 unspecified atom stereocenters. The van der Waals surface area contributed by atoms with Gasteiger partial charge in [-0.25, -0.2) is 0 Å². The van der Waals surface area contributed by atoms with Crippen LogP contribution < -0.4 is 0 Å². The number of carbonyl (C=O) groups is 4. The molecule has 17 aliphatic carbocycles. The first-order valence-corrected chi connectivity index (χ1v) is 40.9. The second kappa shape index (κ2) is 29.9. The van der Waals surface area contributed by atoms with Crippen LogP contribution >= 0.6 is 0 Å². The third-order valence-electron chi connectivity index (χ3n) is 29.1. The largest absolute Gasteiger partial charge is 0.459 e. The van der Waals surface area contributed by atoms with Crippen molar-refractivity contribution in [3.8, 4) is 0 Å². The molecule has 13 nitrogen and oxygen atoms in total. The molecule has 16 bridgehead atoms. The summed E-state index contributed by atoms with van der Waals surface area (Å²) in [5.41, 5.74) is 0.0816. The third-order valence-corrected chi connectivity index (χ3v) is 29.1. The Balaban J connectivity index is 0.000000115. The van der Waals surface area contributed by atoms with Crippen molar-refractivity contribution in [2.45, 2.75) is 296 Å². The molecule has 20 aliphatic rings. The molecule has 0 radical (unpaired) electrons. The average Bonchev–Trinajstić information content (AvgIpc) is 0.772. The smallest absolute Gasteiger partial charge is 0.310 e. The molecule has 538 valence electrons. The molecule has 0 aromatic carbocycles. The lowest BCUT2D eigenvalue weighted by molar-refractivity contribution is -0.192. The fourth-order valence-corrected chi connectivity index (χ4v) is 25.9. The van der Waals surface area contributed by atoms with Crippen molar-refractivity contribution < 1.29 is 42.9 Å². The number of ether oxygens (including phenoxy) is 5. The summed E-state index contributed by atoms with van der Waals surface area (Å²) in [5.74, 6) is 12.0. The molecule has 95 heavy (non-hydrogen) atoms. The predicted molar refractivity (Wildman–Crippen MR) is 375 cm³/mol. The van der Waals surface area contributed by atoms with E-state index in [0.717, 1.165) is 245 Å². The van der Waals surface area contributed by atoms with E-state index in [0.29, 0.717) is 5.41 Å². The number of morpholine rings is 1. The Morgan fingerprint density at radius 3 is 1.05 bits per heavy atom. The van der Waals surface area contributed by atoms with Gasteiger partial charge in [-0.15, -0.1) is 0 Å². The van der Waals surface area contributed by atoms with Crippen molar-refractivity contribution in [3.05, 3.63) is 0 Å². The van der Waals surface area contributed by atoms with Crippen LogP contribution in [-0.4, -0.2) is 157 Å². The first-order chi connectivity index (χ1) is 45.5. The zero-order valence-corrected chi connectivity index (χ0v) is 61.8. The van der Waals surface area contributed by atoms with Crippen LogP contribution in [0.15, 0.2) is 0 Å². The summed E-state index contributed by atoms with van der Waals surface area (Å²) in [4.78, 5) is 60.8. The summed E-state index contributed by atoms with van der Waals surface area (Å²) < 4.78 is 30.3. The summed E-state index contributed by atoms with van der Waals surface area (Å²) in [5, 5.41) is 0. The standard InChI is InChI=1S/C23H37NO2.C23H39NO2.C18H29NO3.C18H31NO2/c1-16(15-24-8-4-6-20-5-2-3-7-21(20)24)22(25)26-23-12-17-9-18(13-23)11-19(10-17)14-23;1-16(15-24-7-5-20(6-8-24)22(2,3)4)21(25)26-23-12-17-9-18(13-23)11-19(10-17)14-23;1-13(12-19-2-4-21-5-3-19)17(20)22-18-9-14-6-15(10-18)8-16(7-14)11-18;1-4-19(5-2)12-13(3)17(20)21-18-9-14-6-15(10-18)8-16(7-14)11-18/h16-21H,2-15H2,1H3;16-20H,5-15H2,1-4H3;13-16H,2-12H2,1H3;13-16H,4-12H2,1-3H3. The van der Waals surface area contributed by atoms with Gasteiger partial charge in [-0.2, -0.15) is 0 Å². The molecule has 0 N–H and O–H groups in total. The number of likely N-dealkylation sites (tertiary alicyclic amines) is 2. The Labute approximate surface area is 576 Å². The molecule has 3 heterocycles. The fourth-order valence-electron chi connectivity index (χ4n) is 25.9. The number of hydrogen-bond acceptors (Lipinski definition) is 13. The maximum absolute atomic E-state index is 13.0. The third kappa shape index (κ3) is 17.3. The summed E-state index contributed by atoms with van der Waals surface area (Å²) in [6.45, 7) is 32.0. The molecule has 6 atom stereocenters. The highest BCUT2D eigenvalue weighted by molar-refractivity contribution is 5.74. The van der Waals surface area contributed by atoms with Gasteiger partial charge in [0.25, 0.3) is 0 Å². The first kappa shape index (κ1) is 71.1. The summed E-state index contributed by atoms with van der Waals surface area (Å²) >= 11 is 0. The van der Waals surface area contributed by atoms with Crippen LogP contribution in [0.4, 0.5) is 0 Å². The lowest BCUT2D eigenvalue weighted by Crippen LogP contribution is -2.54. The van der Waals surface area contributed by atoms with E-state index in [1.54, 1.807) is 0 Å². The SMILES string of the molecule is CC(CN1CCC(C(C)(C)C)CC1)C(=O)OC12CC3CC(CC(C3)C1)C2.CC(CN1CCCC2CCCCC21)C(=O)OC12CC3CC(CC(C3)C1)C2.CC(CN1CCOCC1)C(=O)OC12CC3CC(CC(C3)C1)C2.CCN(CC)CC(C)C(=O)OC12CC3CC(CC(C3)C1)C2. The van der Waals surface area contributed by atoms with Gasteiger partial charge in [0, 0.05) is 45.3 Å². The second-order valence-corrected chi connectivity index (χ2v) is 38.3. The van der Waals surface area contributed by atoms with E-state index in [9.17, 15) is 19.2 Å². The van der Waals surface area contributed by atoms with E-state index in [1.807, 2.05) is 13.8 Å². The lowest BCUT2D eigenvalue weighted by atomic mass is 9.54. The van der Waals surface area contributed by atoms with Gasteiger partial charge in [0.1, 0.15) is 22.4 Å². The van der Waals surface area contributed by atoms with Crippen molar-refractivity contribution in [1.82, 2.24) is 19.6 Å². The Morgan fingerprint density at radius 2 is 0.716 bits per heavy atom. The number of fused-ring (bicyclic) bond motifs is 1. The van der Waals surface area contributed by atoms with Crippen LogP contribution in [0.1, 0.15) is 268 Å². The Bertz CT molecular complexity index is 2440. The van der Waals surface area contributed by atoms with Crippen LogP contribution in [0.25, 0.3) is 0 Å². The molecule has 17 saturated carbocycles. The molecular weight excluding hydrogens is 1180 g/mol. The predicted octanol–water partition coefficient (Wildman–Crippen LogP) is 15.6. The Kier molecular flexibility index (Phi) is 22.4. The number of hydrogen-bond donors (Lipinski definition) is 0. The van der Waals surface area contributed by atoms with E-state index in [2.05, 4.69) is 68.1 Å². The highest BCUT2D eigenvalue weighted by Crippen LogP contribution is 2.61. The molecule has 20 fully saturated rings. The molecular formula is C82H136N4O9. The minimum Gasteiger partial charge on any atom is -0.459 e. The molecule has 0 aromatic heterocycles. The van der Waals surface area contributed by atoms with Crippen LogP contribution in [-0.2, 0) is 42.9 Å². The van der Waals surface area contributed by atoms with Gasteiger partial charge in [0.15, 0.2) is 0 Å². The number of nitrogens with zero attached hydrogens (tertiary/aromatic N) is 4. The zero-order valence-electron chi connectivity index (χ0n) is 61.8. The maximum atomic E-state index is 13.0. The lowest BCUT2D eigenvalue weighted by Gasteiger charge is -2.56. The zero-order chi connectivity index (χ0) is 66.4. The first-order valence-electron chi connectivity index (χ1n) is 40.9. The monoisotopic (exact) mass is 1320 g/mol. The Hall–Kier alpha value is -2.32. The molecule has 0 amide bonds. The van der Waals surface area contributed by atoms with Crippen LogP contribution in [0, 0.1) is 112 Å². The molecule has 3 aliphatic heterocycles. The van der Waals surface area contributed by atoms with E-state index in [4.69, 9.17) is 23.7 Å². The molecule has 13 heteroatoms. The van der Waals surface area contributed by atoms with Crippen molar-refractivity contribution in [1.29, 1.82) is 0 Å². The van der Waals surface area contributed by atoms with Gasteiger partial charge in [0.05, 0.1) is 36.9 Å². The van der Waals surface area contributed by atoms with Crippen molar-refractivity contribution >= 4 is 23.9 Å².